The number of rotatable bonds is 6. The molecule has 1 aromatic carbocycles. The first-order chi connectivity index (χ1) is 11.0. The standard InChI is InChI=1S/C16H19IN2O3S/c1-9-15(23-10(2)19-9)5-6-18-16(20)11-7-13(21-3)14(22-4)8-12(11)17/h7-8H,5-6H2,1-4H3,(H,18,20). The fourth-order valence-corrected chi connectivity index (χ4v) is 3.84. The molecule has 2 rings (SSSR count). The first-order valence-electron chi connectivity index (χ1n) is 7.09. The van der Waals surface area contributed by atoms with Crippen LogP contribution in [0.15, 0.2) is 12.1 Å². The fraction of sp³-hybridized carbons (Fsp3) is 0.375. The second kappa shape index (κ2) is 7.96. The fourth-order valence-electron chi connectivity index (χ4n) is 2.22. The summed E-state index contributed by atoms with van der Waals surface area (Å²) in [6.45, 7) is 4.56. The number of ether oxygens (including phenoxy) is 2. The van der Waals surface area contributed by atoms with Gasteiger partial charge in [0.1, 0.15) is 0 Å². The van der Waals surface area contributed by atoms with Gasteiger partial charge in [-0.3, -0.25) is 4.79 Å². The Labute approximate surface area is 153 Å². The number of hydrogen-bond acceptors (Lipinski definition) is 5. The Balaban J connectivity index is 2.04. The third-order valence-corrected chi connectivity index (χ3v) is 5.38. The van der Waals surface area contributed by atoms with Crippen LogP contribution in [0.3, 0.4) is 0 Å². The molecule has 0 fully saturated rings. The zero-order chi connectivity index (χ0) is 17.0. The van der Waals surface area contributed by atoms with Gasteiger partial charge in [0.15, 0.2) is 11.5 Å². The Morgan fingerprint density at radius 2 is 1.91 bits per heavy atom. The summed E-state index contributed by atoms with van der Waals surface area (Å²) >= 11 is 3.80. The van der Waals surface area contributed by atoms with Gasteiger partial charge < -0.3 is 14.8 Å². The van der Waals surface area contributed by atoms with E-state index in [1.807, 2.05) is 13.8 Å². The molecular weight excluding hydrogens is 427 g/mol. The minimum absolute atomic E-state index is 0.116. The van der Waals surface area contributed by atoms with Crippen molar-refractivity contribution in [2.75, 3.05) is 20.8 Å². The van der Waals surface area contributed by atoms with Gasteiger partial charge in [-0.1, -0.05) is 0 Å². The van der Waals surface area contributed by atoms with Crippen LogP contribution in [-0.2, 0) is 6.42 Å². The molecule has 0 bridgehead atoms. The highest BCUT2D eigenvalue weighted by Crippen LogP contribution is 2.31. The summed E-state index contributed by atoms with van der Waals surface area (Å²) < 4.78 is 11.3. The van der Waals surface area contributed by atoms with Crippen molar-refractivity contribution in [1.82, 2.24) is 10.3 Å². The van der Waals surface area contributed by atoms with E-state index in [0.29, 0.717) is 23.6 Å². The van der Waals surface area contributed by atoms with Crippen molar-refractivity contribution in [1.29, 1.82) is 0 Å². The van der Waals surface area contributed by atoms with E-state index < -0.39 is 0 Å². The highest BCUT2D eigenvalue weighted by atomic mass is 127. The quantitative estimate of drug-likeness (QED) is 0.692. The van der Waals surface area contributed by atoms with Gasteiger partial charge in [-0.25, -0.2) is 4.98 Å². The zero-order valence-corrected chi connectivity index (χ0v) is 16.5. The first-order valence-corrected chi connectivity index (χ1v) is 8.98. The van der Waals surface area contributed by atoms with Crippen molar-refractivity contribution >= 4 is 39.8 Å². The van der Waals surface area contributed by atoms with Gasteiger partial charge in [0.05, 0.1) is 30.5 Å². The number of thiazole rings is 1. The number of carbonyl (C=O) groups is 1. The van der Waals surface area contributed by atoms with Crippen LogP contribution in [0.5, 0.6) is 11.5 Å². The maximum absolute atomic E-state index is 12.4. The molecule has 1 N–H and O–H groups in total. The average molecular weight is 446 g/mol. The second-order valence-electron chi connectivity index (χ2n) is 4.93. The van der Waals surface area contributed by atoms with E-state index >= 15 is 0 Å². The van der Waals surface area contributed by atoms with E-state index in [9.17, 15) is 4.79 Å². The van der Waals surface area contributed by atoms with Crippen molar-refractivity contribution in [2.45, 2.75) is 20.3 Å². The zero-order valence-electron chi connectivity index (χ0n) is 13.5. The van der Waals surface area contributed by atoms with Gasteiger partial charge in [0.2, 0.25) is 0 Å². The van der Waals surface area contributed by atoms with Gasteiger partial charge in [0.25, 0.3) is 5.91 Å². The monoisotopic (exact) mass is 446 g/mol. The normalized spacial score (nSPS) is 10.5. The van der Waals surface area contributed by atoms with Crippen LogP contribution < -0.4 is 14.8 Å². The summed E-state index contributed by atoms with van der Waals surface area (Å²) in [4.78, 5) is 18.0. The Kier molecular flexibility index (Phi) is 6.23. The van der Waals surface area contributed by atoms with Crippen molar-refractivity contribution in [3.05, 3.63) is 36.8 Å². The lowest BCUT2D eigenvalue weighted by Crippen LogP contribution is -2.26. The first kappa shape index (κ1) is 18.0. The molecule has 2 aromatic rings. The highest BCUT2D eigenvalue weighted by molar-refractivity contribution is 14.1. The van der Waals surface area contributed by atoms with E-state index in [1.54, 1.807) is 37.7 Å². The van der Waals surface area contributed by atoms with Crippen molar-refractivity contribution in [3.8, 4) is 11.5 Å². The number of aryl methyl sites for hydroxylation is 2. The molecule has 0 aliphatic heterocycles. The molecule has 0 aliphatic rings. The third kappa shape index (κ3) is 4.35. The topological polar surface area (TPSA) is 60.5 Å². The maximum atomic E-state index is 12.4. The summed E-state index contributed by atoms with van der Waals surface area (Å²) in [5.74, 6) is 1.05. The summed E-state index contributed by atoms with van der Waals surface area (Å²) in [7, 11) is 3.13. The van der Waals surface area contributed by atoms with Gasteiger partial charge in [-0.2, -0.15) is 0 Å². The number of carbonyl (C=O) groups excluding carboxylic acids is 1. The third-order valence-electron chi connectivity index (χ3n) is 3.36. The molecule has 1 aromatic heterocycles. The molecule has 0 aliphatic carbocycles. The molecular formula is C16H19IN2O3S. The minimum Gasteiger partial charge on any atom is -0.493 e. The number of aromatic nitrogens is 1. The van der Waals surface area contributed by atoms with Crippen molar-refractivity contribution in [3.63, 3.8) is 0 Å². The smallest absolute Gasteiger partial charge is 0.252 e. The Hall–Kier alpha value is -1.35. The predicted molar refractivity (Wildman–Crippen MR) is 99.9 cm³/mol. The summed E-state index contributed by atoms with van der Waals surface area (Å²) in [6.07, 6.45) is 0.785. The van der Waals surface area contributed by atoms with Crippen molar-refractivity contribution in [2.24, 2.45) is 0 Å². The molecule has 1 amide bonds. The number of halogens is 1. The Morgan fingerprint density at radius 1 is 1.26 bits per heavy atom. The van der Waals surface area contributed by atoms with Crippen LogP contribution in [0, 0.1) is 17.4 Å². The molecule has 0 saturated heterocycles. The minimum atomic E-state index is -0.116. The SMILES string of the molecule is COc1cc(I)c(C(=O)NCCc2sc(C)nc2C)cc1OC. The molecule has 0 saturated carbocycles. The van der Waals surface area contributed by atoms with E-state index in [-0.39, 0.29) is 5.91 Å². The lowest BCUT2D eigenvalue weighted by atomic mass is 10.2. The van der Waals surface area contributed by atoms with Gasteiger partial charge in [-0.05, 0) is 48.6 Å². The molecule has 23 heavy (non-hydrogen) atoms. The molecule has 0 spiro atoms. The second-order valence-corrected chi connectivity index (χ2v) is 7.38. The van der Waals surface area contributed by atoms with Gasteiger partial charge in [0, 0.05) is 21.4 Å². The average Bonchev–Trinajstić information content (AvgIpc) is 2.84. The van der Waals surface area contributed by atoms with E-state index in [1.165, 1.54) is 4.88 Å². The summed E-state index contributed by atoms with van der Waals surface area (Å²) in [5, 5.41) is 4.01. The number of benzene rings is 1. The lowest BCUT2D eigenvalue weighted by Gasteiger charge is -2.12. The number of nitrogens with zero attached hydrogens (tertiary/aromatic N) is 1. The van der Waals surface area contributed by atoms with Gasteiger partial charge in [-0.15, -0.1) is 11.3 Å². The molecule has 5 nitrogen and oxygen atoms in total. The number of nitrogens with one attached hydrogen (secondary N) is 1. The van der Waals surface area contributed by atoms with Crippen LogP contribution in [0.25, 0.3) is 0 Å². The number of amides is 1. The number of hydrogen-bond donors (Lipinski definition) is 1. The van der Waals surface area contributed by atoms with Crippen molar-refractivity contribution < 1.29 is 14.3 Å². The summed E-state index contributed by atoms with van der Waals surface area (Å²) in [5.41, 5.74) is 1.63. The van der Waals surface area contributed by atoms with Crippen LogP contribution >= 0.6 is 33.9 Å². The summed E-state index contributed by atoms with van der Waals surface area (Å²) in [6, 6.07) is 3.50. The molecule has 0 atom stereocenters. The van der Waals surface area contributed by atoms with E-state index in [0.717, 1.165) is 20.7 Å². The van der Waals surface area contributed by atoms with Gasteiger partial charge >= 0.3 is 0 Å². The van der Waals surface area contributed by atoms with Crippen LogP contribution in [0.4, 0.5) is 0 Å². The lowest BCUT2D eigenvalue weighted by molar-refractivity contribution is 0.0953. The van der Waals surface area contributed by atoms with E-state index in [2.05, 4.69) is 32.9 Å². The number of methoxy groups -OCH3 is 2. The van der Waals surface area contributed by atoms with Crippen LogP contribution in [-0.4, -0.2) is 31.7 Å². The van der Waals surface area contributed by atoms with E-state index in [4.69, 9.17) is 9.47 Å². The molecule has 1 heterocycles. The maximum Gasteiger partial charge on any atom is 0.252 e. The molecule has 124 valence electrons. The largest absolute Gasteiger partial charge is 0.493 e. The molecule has 0 unspecified atom stereocenters. The van der Waals surface area contributed by atoms with Crippen LogP contribution in [0.1, 0.15) is 25.9 Å². The Bertz CT molecular complexity index is 716. The highest BCUT2D eigenvalue weighted by Gasteiger charge is 2.15. The Morgan fingerprint density at radius 3 is 2.48 bits per heavy atom. The molecule has 7 heteroatoms. The predicted octanol–water partition coefficient (Wildman–Crippen LogP) is 3.35. The molecule has 0 radical (unpaired) electrons. The van der Waals surface area contributed by atoms with Crippen LogP contribution in [0.2, 0.25) is 0 Å².